The van der Waals surface area contributed by atoms with E-state index >= 15 is 0 Å². The Labute approximate surface area is 173 Å². The van der Waals surface area contributed by atoms with E-state index in [1.807, 2.05) is 23.6 Å². The Morgan fingerprint density at radius 1 is 1.00 bits per heavy atom. The van der Waals surface area contributed by atoms with E-state index in [4.69, 9.17) is 4.52 Å². The molecule has 0 saturated heterocycles. The van der Waals surface area contributed by atoms with Gasteiger partial charge in [-0.1, -0.05) is 29.1 Å². The zero-order chi connectivity index (χ0) is 21.1. The van der Waals surface area contributed by atoms with Crippen LogP contribution in [0.5, 0.6) is 0 Å². The van der Waals surface area contributed by atoms with Crippen molar-refractivity contribution < 1.29 is 17.7 Å². The second-order valence-electron chi connectivity index (χ2n) is 6.16. The minimum absolute atomic E-state index is 0.230. The lowest BCUT2D eigenvalue weighted by Gasteiger charge is -2.06. The van der Waals surface area contributed by atoms with Gasteiger partial charge in [-0.05, 0) is 31.2 Å². The highest BCUT2D eigenvalue weighted by molar-refractivity contribution is 7.98. The number of thioether (sulfide) groups is 1. The van der Waals surface area contributed by atoms with Gasteiger partial charge >= 0.3 is 6.18 Å². The Morgan fingerprint density at radius 2 is 1.73 bits per heavy atom. The van der Waals surface area contributed by atoms with Crippen LogP contribution in [0.4, 0.5) is 13.2 Å². The molecule has 0 unspecified atom stereocenters. The first-order chi connectivity index (χ1) is 14.5. The molecule has 0 saturated carbocycles. The molecule has 0 fully saturated rings. The smallest absolute Gasteiger partial charge is 0.338 e. The van der Waals surface area contributed by atoms with Crippen molar-refractivity contribution in [3.8, 4) is 22.8 Å². The van der Waals surface area contributed by atoms with Crippen molar-refractivity contribution in [1.82, 2.24) is 29.9 Å². The summed E-state index contributed by atoms with van der Waals surface area (Å²) in [5, 5.41) is 13.0. The highest BCUT2D eigenvalue weighted by atomic mass is 32.2. The summed E-state index contributed by atoms with van der Waals surface area (Å²) in [7, 11) is 0. The highest BCUT2D eigenvalue weighted by Crippen LogP contribution is 2.31. The van der Waals surface area contributed by atoms with Gasteiger partial charge in [0.15, 0.2) is 11.0 Å². The zero-order valence-electron chi connectivity index (χ0n) is 15.7. The minimum Gasteiger partial charge on any atom is -0.338 e. The number of halogens is 3. The average molecular weight is 432 g/mol. The second kappa shape index (κ2) is 8.27. The molecule has 154 valence electrons. The molecule has 0 spiro atoms. The van der Waals surface area contributed by atoms with Crippen molar-refractivity contribution in [1.29, 1.82) is 0 Å². The van der Waals surface area contributed by atoms with Crippen molar-refractivity contribution >= 4 is 11.8 Å². The van der Waals surface area contributed by atoms with E-state index < -0.39 is 11.7 Å². The fourth-order valence-electron chi connectivity index (χ4n) is 2.76. The Balaban J connectivity index is 1.47. The van der Waals surface area contributed by atoms with Crippen molar-refractivity contribution in [2.45, 2.75) is 30.6 Å². The van der Waals surface area contributed by atoms with Crippen molar-refractivity contribution in [2.75, 3.05) is 0 Å². The third-order valence-corrected chi connectivity index (χ3v) is 5.19. The Morgan fingerprint density at radius 3 is 2.40 bits per heavy atom. The van der Waals surface area contributed by atoms with Gasteiger partial charge in [-0.2, -0.15) is 18.2 Å². The summed E-state index contributed by atoms with van der Waals surface area (Å²) < 4.78 is 45.3. The van der Waals surface area contributed by atoms with Crippen LogP contribution in [0.1, 0.15) is 18.4 Å². The summed E-state index contributed by atoms with van der Waals surface area (Å²) in [6, 6.07) is 8.34. The van der Waals surface area contributed by atoms with Crippen LogP contribution in [-0.2, 0) is 18.5 Å². The van der Waals surface area contributed by atoms with Crippen LogP contribution in [0.2, 0.25) is 0 Å². The van der Waals surface area contributed by atoms with Crippen molar-refractivity contribution in [3.05, 3.63) is 60.2 Å². The highest BCUT2D eigenvalue weighted by Gasteiger charge is 2.30. The van der Waals surface area contributed by atoms with Gasteiger partial charge in [-0.15, -0.1) is 10.2 Å². The van der Waals surface area contributed by atoms with Gasteiger partial charge in [0.05, 0.1) is 11.3 Å². The Hall–Kier alpha value is -3.21. The molecule has 4 aromatic rings. The largest absolute Gasteiger partial charge is 0.416 e. The number of benzene rings is 1. The van der Waals surface area contributed by atoms with Crippen LogP contribution in [-0.4, -0.2) is 29.9 Å². The van der Waals surface area contributed by atoms with Gasteiger partial charge in [0, 0.05) is 30.1 Å². The molecule has 0 N–H and O–H groups in total. The lowest BCUT2D eigenvalue weighted by Crippen LogP contribution is -2.04. The normalized spacial score (nSPS) is 11.7. The Bertz CT molecular complexity index is 1130. The molecule has 0 aliphatic carbocycles. The molecular weight excluding hydrogens is 417 g/mol. The van der Waals surface area contributed by atoms with E-state index in [1.165, 1.54) is 23.9 Å². The van der Waals surface area contributed by atoms with Gasteiger partial charge in [0.1, 0.15) is 0 Å². The lowest BCUT2D eigenvalue weighted by molar-refractivity contribution is -0.137. The van der Waals surface area contributed by atoms with E-state index in [2.05, 4.69) is 25.3 Å². The molecule has 4 rings (SSSR count). The first kappa shape index (κ1) is 20.1. The molecule has 0 amide bonds. The minimum atomic E-state index is -4.39. The monoisotopic (exact) mass is 432 g/mol. The van der Waals surface area contributed by atoms with Crippen LogP contribution >= 0.6 is 11.8 Å². The maximum absolute atomic E-state index is 12.7. The van der Waals surface area contributed by atoms with Gasteiger partial charge in [0.2, 0.25) is 11.7 Å². The molecule has 0 aliphatic rings. The molecule has 0 aliphatic heterocycles. The van der Waals surface area contributed by atoms with E-state index in [1.54, 1.807) is 12.4 Å². The predicted molar refractivity (Wildman–Crippen MR) is 103 cm³/mol. The van der Waals surface area contributed by atoms with E-state index in [0.29, 0.717) is 28.9 Å². The van der Waals surface area contributed by atoms with Crippen LogP contribution in [0.3, 0.4) is 0 Å². The Kier molecular flexibility index (Phi) is 5.53. The van der Waals surface area contributed by atoms with Crippen LogP contribution in [0, 0.1) is 0 Å². The number of alkyl halides is 3. The molecule has 0 radical (unpaired) electrons. The van der Waals surface area contributed by atoms with Crippen molar-refractivity contribution in [2.24, 2.45) is 0 Å². The fraction of sp³-hybridized carbons (Fsp3) is 0.211. The third kappa shape index (κ3) is 4.20. The number of nitrogens with zero attached hydrogens (tertiary/aromatic N) is 6. The standard InChI is InChI=1S/C19H15F3N6OS/c1-2-28-17(13-7-9-23-10-8-13)25-26-18(28)30-11-15-24-16(27-29-15)12-3-5-14(6-4-12)19(20,21)22/h3-10H,2,11H2,1H3. The van der Waals surface area contributed by atoms with Crippen LogP contribution < -0.4 is 0 Å². The van der Waals surface area contributed by atoms with Crippen LogP contribution in [0.15, 0.2) is 58.5 Å². The van der Waals surface area contributed by atoms with Crippen LogP contribution in [0.25, 0.3) is 22.8 Å². The fourth-order valence-corrected chi connectivity index (χ4v) is 3.60. The van der Waals surface area contributed by atoms with E-state index in [9.17, 15) is 13.2 Å². The molecule has 7 nitrogen and oxygen atoms in total. The predicted octanol–water partition coefficient (Wildman–Crippen LogP) is 4.72. The first-order valence-electron chi connectivity index (χ1n) is 8.92. The molecule has 1 aromatic carbocycles. The SMILES string of the molecule is CCn1c(SCc2nc(-c3ccc(C(F)(F)F)cc3)no2)nnc1-c1ccncc1. The topological polar surface area (TPSA) is 82.5 Å². The zero-order valence-corrected chi connectivity index (χ0v) is 16.5. The number of hydrogen-bond acceptors (Lipinski definition) is 7. The number of hydrogen-bond donors (Lipinski definition) is 0. The summed E-state index contributed by atoms with van der Waals surface area (Å²) in [5.74, 6) is 1.65. The summed E-state index contributed by atoms with van der Waals surface area (Å²) >= 11 is 1.38. The molecular formula is C19H15F3N6OS. The summed E-state index contributed by atoms with van der Waals surface area (Å²) in [4.78, 5) is 8.27. The summed E-state index contributed by atoms with van der Waals surface area (Å²) in [6.07, 6.45) is -1.00. The quantitative estimate of drug-likeness (QED) is 0.408. The lowest BCUT2D eigenvalue weighted by atomic mass is 10.1. The third-order valence-electron chi connectivity index (χ3n) is 4.23. The van der Waals surface area contributed by atoms with Gasteiger partial charge in [-0.3, -0.25) is 4.98 Å². The molecule has 0 bridgehead atoms. The van der Waals surface area contributed by atoms with E-state index in [0.717, 1.165) is 23.5 Å². The summed E-state index contributed by atoms with van der Waals surface area (Å²) in [5.41, 5.74) is 0.628. The van der Waals surface area contributed by atoms with Gasteiger partial charge < -0.3 is 9.09 Å². The molecule has 3 heterocycles. The van der Waals surface area contributed by atoms with Crippen molar-refractivity contribution in [3.63, 3.8) is 0 Å². The maximum Gasteiger partial charge on any atom is 0.416 e. The molecule has 0 atom stereocenters. The number of aromatic nitrogens is 6. The van der Waals surface area contributed by atoms with Gasteiger partial charge in [-0.25, -0.2) is 0 Å². The summed E-state index contributed by atoms with van der Waals surface area (Å²) in [6.45, 7) is 2.67. The first-order valence-corrected chi connectivity index (χ1v) is 9.91. The molecule has 3 aromatic heterocycles. The van der Waals surface area contributed by atoms with Gasteiger partial charge in [0.25, 0.3) is 0 Å². The maximum atomic E-state index is 12.7. The van der Waals surface area contributed by atoms with E-state index in [-0.39, 0.29) is 5.82 Å². The number of rotatable bonds is 6. The molecule has 11 heteroatoms. The average Bonchev–Trinajstić information content (AvgIpc) is 3.39. The molecule has 30 heavy (non-hydrogen) atoms. The number of pyridine rings is 1. The second-order valence-corrected chi connectivity index (χ2v) is 7.10.